The molecule has 3 aromatic rings. The molecule has 4 rings (SSSR count). The molecule has 0 atom stereocenters. The fourth-order valence-corrected chi connectivity index (χ4v) is 2.88. The van der Waals surface area contributed by atoms with Crippen molar-refractivity contribution in [3.63, 3.8) is 0 Å². The van der Waals surface area contributed by atoms with E-state index in [-0.39, 0.29) is 5.60 Å². The van der Waals surface area contributed by atoms with Gasteiger partial charge in [0.25, 0.3) is 5.89 Å². The molecule has 0 N–H and O–H groups in total. The number of benzene rings is 1. The Labute approximate surface area is 145 Å². The predicted octanol–water partition coefficient (Wildman–Crippen LogP) is 3.74. The van der Waals surface area contributed by atoms with Crippen molar-refractivity contribution in [1.29, 1.82) is 0 Å². The summed E-state index contributed by atoms with van der Waals surface area (Å²) in [6.07, 6.45) is 4.75. The SMILES string of the molecule is COC1(c2noc(-c3ccc(OCc4ccccn4)cc3)n2)CCC1. The molecule has 0 spiro atoms. The quantitative estimate of drug-likeness (QED) is 0.682. The third-order valence-electron chi connectivity index (χ3n) is 4.60. The highest BCUT2D eigenvalue weighted by Gasteiger charge is 2.43. The van der Waals surface area contributed by atoms with Crippen LogP contribution in [0.1, 0.15) is 30.8 Å². The minimum absolute atomic E-state index is 0.368. The van der Waals surface area contributed by atoms with Gasteiger partial charge in [-0.15, -0.1) is 0 Å². The predicted molar refractivity (Wildman–Crippen MR) is 90.8 cm³/mol. The van der Waals surface area contributed by atoms with Crippen molar-refractivity contribution in [2.24, 2.45) is 0 Å². The lowest BCUT2D eigenvalue weighted by Gasteiger charge is -2.37. The van der Waals surface area contributed by atoms with Crippen molar-refractivity contribution in [3.8, 4) is 17.2 Å². The molecule has 1 aromatic carbocycles. The minimum atomic E-state index is -0.368. The van der Waals surface area contributed by atoms with E-state index in [1.54, 1.807) is 13.3 Å². The van der Waals surface area contributed by atoms with Crippen LogP contribution in [0, 0.1) is 0 Å². The van der Waals surface area contributed by atoms with Gasteiger partial charge >= 0.3 is 0 Å². The molecule has 0 radical (unpaired) electrons. The highest BCUT2D eigenvalue weighted by atomic mass is 16.5. The number of ether oxygens (including phenoxy) is 2. The highest BCUT2D eigenvalue weighted by molar-refractivity contribution is 5.54. The van der Waals surface area contributed by atoms with Crippen LogP contribution in [0.2, 0.25) is 0 Å². The second-order valence-corrected chi connectivity index (χ2v) is 6.11. The summed E-state index contributed by atoms with van der Waals surface area (Å²) in [6, 6.07) is 13.3. The zero-order valence-electron chi connectivity index (χ0n) is 14.0. The Bertz CT molecular complexity index is 821. The summed E-state index contributed by atoms with van der Waals surface area (Å²) in [4.78, 5) is 8.75. The second kappa shape index (κ2) is 6.64. The lowest BCUT2D eigenvalue weighted by atomic mass is 9.79. The molecule has 0 bridgehead atoms. The zero-order chi connectivity index (χ0) is 17.1. The molecule has 128 valence electrons. The van der Waals surface area contributed by atoms with Crippen LogP contribution >= 0.6 is 0 Å². The summed E-state index contributed by atoms with van der Waals surface area (Å²) >= 11 is 0. The molecule has 1 fully saturated rings. The molecule has 0 aliphatic heterocycles. The monoisotopic (exact) mass is 337 g/mol. The third kappa shape index (κ3) is 3.13. The average Bonchev–Trinajstić information content (AvgIpc) is 3.11. The zero-order valence-corrected chi connectivity index (χ0v) is 14.0. The molecule has 0 saturated heterocycles. The van der Waals surface area contributed by atoms with Gasteiger partial charge in [-0.1, -0.05) is 11.2 Å². The first-order chi connectivity index (χ1) is 12.3. The van der Waals surface area contributed by atoms with Crippen molar-refractivity contribution in [2.75, 3.05) is 7.11 Å². The number of hydrogen-bond donors (Lipinski definition) is 0. The van der Waals surface area contributed by atoms with Crippen LogP contribution in [0.4, 0.5) is 0 Å². The van der Waals surface area contributed by atoms with Crippen molar-refractivity contribution >= 4 is 0 Å². The summed E-state index contributed by atoms with van der Waals surface area (Å²) < 4.78 is 16.7. The largest absolute Gasteiger partial charge is 0.487 e. The Kier molecular flexibility index (Phi) is 4.19. The molecule has 25 heavy (non-hydrogen) atoms. The molecular weight excluding hydrogens is 318 g/mol. The van der Waals surface area contributed by atoms with E-state index in [1.165, 1.54) is 0 Å². The third-order valence-corrected chi connectivity index (χ3v) is 4.60. The maximum Gasteiger partial charge on any atom is 0.258 e. The lowest BCUT2D eigenvalue weighted by Crippen LogP contribution is -2.37. The molecule has 1 aliphatic rings. The Morgan fingerprint density at radius 3 is 2.60 bits per heavy atom. The molecule has 1 aliphatic carbocycles. The van der Waals surface area contributed by atoms with Gasteiger partial charge in [0.15, 0.2) is 0 Å². The maximum atomic E-state index is 5.74. The van der Waals surface area contributed by atoms with Crippen molar-refractivity contribution in [2.45, 2.75) is 31.5 Å². The fourth-order valence-electron chi connectivity index (χ4n) is 2.88. The molecule has 6 heteroatoms. The first-order valence-corrected chi connectivity index (χ1v) is 8.32. The number of methoxy groups -OCH3 is 1. The highest BCUT2D eigenvalue weighted by Crippen LogP contribution is 2.43. The van der Waals surface area contributed by atoms with Crippen LogP contribution in [-0.4, -0.2) is 22.2 Å². The van der Waals surface area contributed by atoms with Gasteiger partial charge in [0.2, 0.25) is 5.82 Å². The number of hydrogen-bond acceptors (Lipinski definition) is 6. The Morgan fingerprint density at radius 2 is 1.96 bits per heavy atom. The van der Waals surface area contributed by atoms with Gasteiger partial charge in [-0.3, -0.25) is 4.98 Å². The van der Waals surface area contributed by atoms with E-state index in [4.69, 9.17) is 14.0 Å². The Morgan fingerprint density at radius 1 is 1.12 bits per heavy atom. The van der Waals surface area contributed by atoms with Gasteiger partial charge in [0, 0.05) is 18.9 Å². The van der Waals surface area contributed by atoms with Crippen molar-refractivity contribution in [3.05, 3.63) is 60.2 Å². The van der Waals surface area contributed by atoms with E-state index in [9.17, 15) is 0 Å². The van der Waals surface area contributed by atoms with Gasteiger partial charge in [-0.2, -0.15) is 4.98 Å². The van der Waals surface area contributed by atoms with Crippen LogP contribution in [0.3, 0.4) is 0 Å². The smallest absolute Gasteiger partial charge is 0.258 e. The van der Waals surface area contributed by atoms with Gasteiger partial charge in [-0.25, -0.2) is 0 Å². The summed E-state index contributed by atoms with van der Waals surface area (Å²) in [7, 11) is 1.70. The number of aromatic nitrogens is 3. The van der Waals surface area contributed by atoms with Gasteiger partial charge in [0.05, 0.1) is 5.69 Å². The molecular formula is C19H19N3O3. The lowest BCUT2D eigenvalue weighted by molar-refractivity contribution is -0.0858. The molecule has 0 amide bonds. The first kappa shape index (κ1) is 15.8. The molecule has 2 heterocycles. The molecule has 6 nitrogen and oxygen atoms in total. The Balaban J connectivity index is 1.44. The molecule has 2 aromatic heterocycles. The fraction of sp³-hybridized carbons (Fsp3) is 0.316. The van der Waals surface area contributed by atoms with Crippen LogP contribution in [0.25, 0.3) is 11.5 Å². The first-order valence-electron chi connectivity index (χ1n) is 8.32. The summed E-state index contributed by atoms with van der Waals surface area (Å²) in [6.45, 7) is 0.432. The van der Waals surface area contributed by atoms with Crippen LogP contribution in [0.5, 0.6) is 5.75 Å². The van der Waals surface area contributed by atoms with Crippen LogP contribution in [-0.2, 0) is 16.9 Å². The van der Waals surface area contributed by atoms with E-state index in [1.807, 2.05) is 42.5 Å². The van der Waals surface area contributed by atoms with Crippen molar-refractivity contribution < 1.29 is 14.0 Å². The topological polar surface area (TPSA) is 70.3 Å². The van der Waals surface area contributed by atoms with Gasteiger partial charge < -0.3 is 14.0 Å². The summed E-state index contributed by atoms with van der Waals surface area (Å²) in [5, 5.41) is 4.11. The van der Waals surface area contributed by atoms with E-state index in [0.717, 1.165) is 36.3 Å². The second-order valence-electron chi connectivity index (χ2n) is 6.11. The van der Waals surface area contributed by atoms with Gasteiger partial charge in [0.1, 0.15) is 18.0 Å². The van der Waals surface area contributed by atoms with E-state index in [0.29, 0.717) is 18.3 Å². The molecule has 1 saturated carbocycles. The minimum Gasteiger partial charge on any atom is -0.487 e. The number of nitrogens with zero attached hydrogens (tertiary/aromatic N) is 3. The van der Waals surface area contributed by atoms with Gasteiger partial charge in [-0.05, 0) is 55.7 Å². The Hall–Kier alpha value is -2.73. The molecule has 0 unspecified atom stereocenters. The van der Waals surface area contributed by atoms with E-state index >= 15 is 0 Å². The van der Waals surface area contributed by atoms with Crippen LogP contribution in [0.15, 0.2) is 53.2 Å². The normalized spacial score (nSPS) is 15.6. The maximum absolute atomic E-state index is 5.74. The number of pyridine rings is 1. The summed E-state index contributed by atoms with van der Waals surface area (Å²) in [5.74, 6) is 1.89. The van der Waals surface area contributed by atoms with E-state index < -0.39 is 0 Å². The standard InChI is InChI=1S/C19H19N3O3/c1-23-19(10-4-11-19)18-21-17(25-22-18)14-6-8-16(9-7-14)24-13-15-5-2-3-12-20-15/h2-3,5-9,12H,4,10-11,13H2,1H3. The number of rotatable bonds is 6. The average molecular weight is 337 g/mol. The van der Waals surface area contributed by atoms with Crippen molar-refractivity contribution in [1.82, 2.24) is 15.1 Å². The van der Waals surface area contributed by atoms with E-state index in [2.05, 4.69) is 15.1 Å². The summed E-state index contributed by atoms with van der Waals surface area (Å²) in [5.41, 5.74) is 1.38. The van der Waals surface area contributed by atoms with Crippen LogP contribution < -0.4 is 4.74 Å².